The molecule has 0 bridgehead atoms. The first kappa shape index (κ1) is 16.2. The summed E-state index contributed by atoms with van der Waals surface area (Å²) in [6.45, 7) is 4.75. The zero-order chi connectivity index (χ0) is 15.3. The van der Waals surface area contributed by atoms with Gasteiger partial charge in [0, 0.05) is 25.0 Å². The Morgan fingerprint density at radius 1 is 1.29 bits per heavy atom. The van der Waals surface area contributed by atoms with E-state index in [1.54, 1.807) is 12.3 Å². The fraction of sp³-hybridized carbons (Fsp3) is 0.667. The number of pyridine rings is 1. The van der Waals surface area contributed by atoms with E-state index < -0.39 is 10.0 Å². The van der Waals surface area contributed by atoms with E-state index in [1.165, 1.54) is 12.6 Å². The van der Waals surface area contributed by atoms with Crippen molar-refractivity contribution in [3.8, 4) is 0 Å². The van der Waals surface area contributed by atoms with Crippen molar-refractivity contribution in [2.75, 3.05) is 11.9 Å². The second kappa shape index (κ2) is 7.22. The Labute approximate surface area is 127 Å². The fourth-order valence-electron chi connectivity index (χ4n) is 3.04. The van der Waals surface area contributed by atoms with Crippen molar-refractivity contribution < 1.29 is 8.42 Å². The van der Waals surface area contributed by atoms with Crippen molar-refractivity contribution in [2.24, 2.45) is 5.92 Å². The van der Waals surface area contributed by atoms with Crippen LogP contribution in [0.4, 0.5) is 5.69 Å². The molecule has 0 radical (unpaired) electrons. The van der Waals surface area contributed by atoms with Gasteiger partial charge in [0.2, 0.25) is 10.0 Å². The monoisotopic (exact) mass is 311 g/mol. The number of hydrogen-bond donors (Lipinski definition) is 2. The predicted molar refractivity (Wildman–Crippen MR) is 84.8 cm³/mol. The summed E-state index contributed by atoms with van der Waals surface area (Å²) < 4.78 is 28.2. The first-order chi connectivity index (χ1) is 10.1. The van der Waals surface area contributed by atoms with Crippen molar-refractivity contribution in [3.63, 3.8) is 0 Å². The molecule has 5 nitrogen and oxygen atoms in total. The number of hydrogen-bond acceptors (Lipinski definition) is 4. The van der Waals surface area contributed by atoms with E-state index in [-0.39, 0.29) is 10.9 Å². The lowest BCUT2D eigenvalue weighted by Gasteiger charge is -2.31. The third-order valence-corrected chi connectivity index (χ3v) is 5.70. The highest BCUT2D eigenvalue weighted by Gasteiger charge is 2.29. The molecule has 1 aromatic rings. The zero-order valence-corrected chi connectivity index (χ0v) is 13.6. The maximum atomic E-state index is 12.7. The molecule has 0 aliphatic heterocycles. The van der Waals surface area contributed by atoms with Crippen LogP contribution < -0.4 is 10.0 Å². The SMILES string of the molecule is CCNc1ccncc1S(=O)(=O)NC1CCCCC1CC. The molecule has 0 saturated heterocycles. The molecule has 0 aromatic carbocycles. The Kier molecular flexibility index (Phi) is 5.58. The van der Waals surface area contributed by atoms with E-state index in [0.717, 1.165) is 25.7 Å². The van der Waals surface area contributed by atoms with Crippen LogP contribution in [0.25, 0.3) is 0 Å². The molecule has 1 aromatic heterocycles. The molecule has 0 spiro atoms. The van der Waals surface area contributed by atoms with Gasteiger partial charge in [0.25, 0.3) is 0 Å². The first-order valence-corrected chi connectivity index (χ1v) is 9.27. The summed E-state index contributed by atoms with van der Waals surface area (Å²) >= 11 is 0. The normalized spacial score (nSPS) is 23.0. The fourth-order valence-corrected chi connectivity index (χ4v) is 4.51. The summed E-state index contributed by atoms with van der Waals surface area (Å²) in [6, 6.07) is 1.75. The van der Waals surface area contributed by atoms with Gasteiger partial charge in [-0.2, -0.15) is 0 Å². The second-order valence-corrected chi connectivity index (χ2v) is 7.27. The number of rotatable bonds is 6. The van der Waals surface area contributed by atoms with Crippen LogP contribution in [0.15, 0.2) is 23.4 Å². The lowest BCUT2D eigenvalue weighted by molar-refractivity contribution is 0.282. The lowest BCUT2D eigenvalue weighted by atomic mass is 9.83. The Morgan fingerprint density at radius 3 is 2.76 bits per heavy atom. The number of sulfonamides is 1. The highest BCUT2D eigenvalue weighted by Crippen LogP contribution is 2.29. The van der Waals surface area contributed by atoms with Crippen LogP contribution in [-0.4, -0.2) is 26.0 Å². The quantitative estimate of drug-likeness (QED) is 0.847. The van der Waals surface area contributed by atoms with Gasteiger partial charge in [0.15, 0.2) is 0 Å². The van der Waals surface area contributed by atoms with Gasteiger partial charge in [-0.1, -0.05) is 26.2 Å². The van der Waals surface area contributed by atoms with E-state index in [0.29, 0.717) is 18.2 Å². The minimum Gasteiger partial charge on any atom is -0.384 e. The van der Waals surface area contributed by atoms with Crippen molar-refractivity contribution >= 4 is 15.7 Å². The lowest BCUT2D eigenvalue weighted by Crippen LogP contribution is -2.42. The third kappa shape index (κ3) is 3.95. The maximum Gasteiger partial charge on any atom is 0.244 e. The summed E-state index contributed by atoms with van der Waals surface area (Å²) in [5.41, 5.74) is 0.615. The zero-order valence-electron chi connectivity index (χ0n) is 12.8. The molecular weight excluding hydrogens is 286 g/mol. The van der Waals surface area contributed by atoms with Gasteiger partial charge in [-0.25, -0.2) is 13.1 Å². The number of anilines is 1. The van der Waals surface area contributed by atoms with E-state index >= 15 is 0 Å². The summed E-state index contributed by atoms with van der Waals surface area (Å²) in [6.07, 6.45) is 8.37. The number of nitrogens with one attached hydrogen (secondary N) is 2. The molecule has 1 fully saturated rings. The van der Waals surface area contributed by atoms with Gasteiger partial charge >= 0.3 is 0 Å². The summed E-state index contributed by atoms with van der Waals surface area (Å²) in [5.74, 6) is 0.438. The van der Waals surface area contributed by atoms with E-state index in [2.05, 4.69) is 21.9 Å². The molecule has 2 atom stereocenters. The molecular formula is C15H25N3O2S. The first-order valence-electron chi connectivity index (χ1n) is 7.78. The molecule has 21 heavy (non-hydrogen) atoms. The molecule has 1 saturated carbocycles. The molecule has 1 aliphatic rings. The molecule has 0 amide bonds. The van der Waals surface area contributed by atoms with Gasteiger partial charge in [0.05, 0.1) is 5.69 Å². The van der Waals surface area contributed by atoms with Gasteiger partial charge in [-0.15, -0.1) is 0 Å². The Bertz CT molecular complexity index is 560. The van der Waals surface area contributed by atoms with Crippen molar-refractivity contribution in [3.05, 3.63) is 18.5 Å². The summed E-state index contributed by atoms with van der Waals surface area (Å²) in [4.78, 5) is 4.21. The minimum atomic E-state index is -3.53. The van der Waals surface area contributed by atoms with Gasteiger partial charge in [-0.05, 0) is 31.7 Å². The molecule has 118 valence electrons. The van der Waals surface area contributed by atoms with Crippen LogP contribution in [0.2, 0.25) is 0 Å². The Hall–Kier alpha value is -1.14. The third-order valence-electron chi connectivity index (χ3n) is 4.18. The summed E-state index contributed by atoms with van der Waals surface area (Å²) in [5, 5.41) is 3.09. The van der Waals surface area contributed by atoms with Crippen LogP contribution in [0.1, 0.15) is 46.0 Å². The largest absolute Gasteiger partial charge is 0.384 e. The van der Waals surface area contributed by atoms with Crippen LogP contribution in [0.3, 0.4) is 0 Å². The van der Waals surface area contributed by atoms with Gasteiger partial charge in [0.1, 0.15) is 4.90 Å². The van der Waals surface area contributed by atoms with E-state index in [4.69, 9.17) is 0 Å². The Morgan fingerprint density at radius 2 is 2.05 bits per heavy atom. The topological polar surface area (TPSA) is 71.1 Å². The number of aromatic nitrogens is 1. The van der Waals surface area contributed by atoms with Crippen molar-refractivity contribution in [1.82, 2.24) is 9.71 Å². The average molecular weight is 311 g/mol. The van der Waals surface area contributed by atoms with Crippen LogP contribution >= 0.6 is 0 Å². The Balaban J connectivity index is 2.21. The van der Waals surface area contributed by atoms with Crippen molar-refractivity contribution in [2.45, 2.75) is 56.9 Å². The van der Waals surface area contributed by atoms with E-state index in [1.807, 2.05) is 6.92 Å². The number of nitrogens with zero attached hydrogens (tertiary/aromatic N) is 1. The second-order valence-electron chi connectivity index (χ2n) is 5.58. The average Bonchev–Trinajstić information content (AvgIpc) is 2.48. The highest BCUT2D eigenvalue weighted by atomic mass is 32.2. The van der Waals surface area contributed by atoms with Crippen LogP contribution in [0, 0.1) is 5.92 Å². The molecule has 1 heterocycles. The standard InChI is InChI=1S/C15H25N3O2S/c1-3-12-7-5-6-8-13(12)18-21(19,20)15-11-16-10-9-14(15)17-4-2/h9-13,18H,3-8H2,1-2H3,(H,16,17). The molecule has 6 heteroatoms. The van der Waals surface area contributed by atoms with Crippen LogP contribution in [-0.2, 0) is 10.0 Å². The molecule has 2 unspecified atom stereocenters. The van der Waals surface area contributed by atoms with Gasteiger partial charge < -0.3 is 5.32 Å². The van der Waals surface area contributed by atoms with Crippen LogP contribution in [0.5, 0.6) is 0 Å². The van der Waals surface area contributed by atoms with Gasteiger partial charge in [-0.3, -0.25) is 4.98 Å². The minimum absolute atomic E-state index is 0.0448. The van der Waals surface area contributed by atoms with E-state index in [9.17, 15) is 8.42 Å². The molecule has 1 aliphatic carbocycles. The molecule has 2 N–H and O–H groups in total. The highest BCUT2D eigenvalue weighted by molar-refractivity contribution is 7.89. The summed E-state index contributed by atoms with van der Waals surface area (Å²) in [7, 11) is -3.53. The molecule has 2 rings (SSSR count). The predicted octanol–water partition coefficient (Wildman–Crippen LogP) is 2.76. The smallest absolute Gasteiger partial charge is 0.244 e. The van der Waals surface area contributed by atoms with Crippen molar-refractivity contribution in [1.29, 1.82) is 0 Å². The maximum absolute atomic E-state index is 12.7.